The van der Waals surface area contributed by atoms with Gasteiger partial charge >= 0.3 is 5.97 Å². The van der Waals surface area contributed by atoms with Gasteiger partial charge in [-0.3, -0.25) is 9.59 Å². The van der Waals surface area contributed by atoms with E-state index in [1.54, 1.807) is 36.4 Å². The largest absolute Gasteiger partial charge is 0.493 e. The molecule has 1 N–H and O–H groups in total. The van der Waals surface area contributed by atoms with Gasteiger partial charge in [0, 0.05) is 16.1 Å². The molecule has 0 aliphatic rings. The van der Waals surface area contributed by atoms with E-state index in [-0.39, 0.29) is 19.0 Å². The minimum atomic E-state index is -0.630. The fourth-order valence-electron chi connectivity index (χ4n) is 2.55. The van der Waals surface area contributed by atoms with Crippen LogP contribution in [0.3, 0.4) is 0 Å². The van der Waals surface area contributed by atoms with Crippen LogP contribution in [0, 0.1) is 0 Å². The molecule has 3 aromatic rings. The number of halogens is 1. The number of esters is 1. The van der Waals surface area contributed by atoms with Gasteiger partial charge in [0.2, 0.25) is 5.89 Å². The van der Waals surface area contributed by atoms with Crippen LogP contribution in [0.1, 0.15) is 16.2 Å². The Labute approximate surface area is 177 Å². The molecular weight excluding hydrogens is 412 g/mol. The molecule has 0 fully saturated rings. The van der Waals surface area contributed by atoms with Crippen molar-refractivity contribution in [1.82, 2.24) is 10.3 Å². The summed E-state index contributed by atoms with van der Waals surface area (Å²) in [5.41, 5.74) is 1.12. The molecule has 3 rings (SSSR count). The van der Waals surface area contributed by atoms with Crippen molar-refractivity contribution in [1.29, 1.82) is 0 Å². The summed E-state index contributed by atoms with van der Waals surface area (Å²) in [6.45, 7) is -0.462. The van der Waals surface area contributed by atoms with Gasteiger partial charge in [-0.2, -0.15) is 0 Å². The number of carbonyl (C=O) groups is 2. The molecule has 156 valence electrons. The van der Waals surface area contributed by atoms with E-state index < -0.39 is 11.9 Å². The van der Waals surface area contributed by atoms with E-state index in [0.717, 1.165) is 5.56 Å². The fourth-order valence-corrected chi connectivity index (χ4v) is 2.68. The normalized spacial score (nSPS) is 10.4. The summed E-state index contributed by atoms with van der Waals surface area (Å²) in [4.78, 5) is 28.2. The van der Waals surface area contributed by atoms with Crippen LogP contribution >= 0.6 is 11.6 Å². The molecule has 30 heavy (non-hydrogen) atoms. The summed E-state index contributed by atoms with van der Waals surface area (Å²) in [7, 11) is 2.97. The number of aromatic nitrogens is 1. The lowest BCUT2D eigenvalue weighted by atomic mass is 10.2. The Kier molecular flexibility index (Phi) is 6.92. The highest BCUT2D eigenvalue weighted by Crippen LogP contribution is 2.27. The van der Waals surface area contributed by atoms with Gasteiger partial charge in [-0.05, 0) is 42.5 Å². The lowest BCUT2D eigenvalue weighted by Gasteiger charge is -2.09. The van der Waals surface area contributed by atoms with Crippen LogP contribution in [-0.4, -0.2) is 37.6 Å². The molecule has 0 spiro atoms. The zero-order valence-electron chi connectivity index (χ0n) is 16.3. The summed E-state index contributed by atoms with van der Waals surface area (Å²) in [6.07, 6.45) is 1.53. The molecule has 0 aliphatic carbocycles. The summed E-state index contributed by atoms with van der Waals surface area (Å²) in [6, 6.07) is 11.7. The number of hydrogen-bond acceptors (Lipinski definition) is 7. The maximum absolute atomic E-state index is 12.2. The van der Waals surface area contributed by atoms with Crippen molar-refractivity contribution in [3.8, 4) is 22.8 Å². The maximum Gasteiger partial charge on any atom is 0.325 e. The Hall–Kier alpha value is -3.52. The van der Waals surface area contributed by atoms with Crippen LogP contribution in [-0.2, 0) is 16.1 Å². The molecule has 0 unspecified atom stereocenters. The first-order chi connectivity index (χ1) is 14.5. The first-order valence-electron chi connectivity index (χ1n) is 8.86. The van der Waals surface area contributed by atoms with E-state index in [1.165, 1.54) is 26.5 Å². The second-order valence-electron chi connectivity index (χ2n) is 6.04. The third-order valence-corrected chi connectivity index (χ3v) is 4.33. The Morgan fingerprint density at radius 3 is 2.50 bits per heavy atom. The SMILES string of the molecule is COc1ccc(C(=O)NCC(=O)OCc2ncc(-c3ccc(Cl)cc3)o2)cc1OC. The average molecular weight is 431 g/mol. The number of ether oxygens (including phenoxy) is 3. The van der Waals surface area contributed by atoms with E-state index in [2.05, 4.69) is 10.3 Å². The number of rotatable bonds is 8. The van der Waals surface area contributed by atoms with Crippen molar-refractivity contribution >= 4 is 23.5 Å². The van der Waals surface area contributed by atoms with Crippen LogP contribution in [0.25, 0.3) is 11.3 Å². The summed E-state index contributed by atoms with van der Waals surface area (Å²) >= 11 is 5.86. The third kappa shape index (κ3) is 5.30. The molecule has 0 saturated carbocycles. The van der Waals surface area contributed by atoms with Crippen LogP contribution in [0.15, 0.2) is 53.1 Å². The Morgan fingerprint density at radius 2 is 1.80 bits per heavy atom. The monoisotopic (exact) mass is 430 g/mol. The molecule has 0 saturated heterocycles. The Morgan fingerprint density at radius 1 is 1.07 bits per heavy atom. The van der Waals surface area contributed by atoms with Gasteiger partial charge in [-0.1, -0.05) is 11.6 Å². The Bertz CT molecular complexity index is 1030. The van der Waals surface area contributed by atoms with Crippen molar-refractivity contribution in [2.24, 2.45) is 0 Å². The molecule has 0 bridgehead atoms. The van der Waals surface area contributed by atoms with E-state index in [4.69, 9.17) is 30.2 Å². The van der Waals surface area contributed by atoms with Crippen molar-refractivity contribution in [3.63, 3.8) is 0 Å². The molecule has 9 heteroatoms. The summed E-state index contributed by atoms with van der Waals surface area (Å²) in [5.74, 6) is 0.591. The van der Waals surface area contributed by atoms with E-state index in [0.29, 0.717) is 27.8 Å². The predicted octanol–water partition coefficient (Wildman–Crippen LogP) is 3.49. The number of nitrogens with zero attached hydrogens (tertiary/aromatic N) is 1. The smallest absolute Gasteiger partial charge is 0.325 e. The third-order valence-electron chi connectivity index (χ3n) is 4.08. The van der Waals surface area contributed by atoms with Gasteiger partial charge in [0.15, 0.2) is 23.9 Å². The molecule has 0 radical (unpaired) electrons. The van der Waals surface area contributed by atoms with Crippen LogP contribution in [0.2, 0.25) is 5.02 Å². The van der Waals surface area contributed by atoms with Gasteiger partial charge < -0.3 is 23.9 Å². The minimum absolute atomic E-state index is 0.154. The van der Waals surface area contributed by atoms with E-state index in [1.807, 2.05) is 0 Å². The summed E-state index contributed by atoms with van der Waals surface area (Å²) in [5, 5.41) is 3.10. The molecular formula is C21H19ClN2O6. The molecule has 1 amide bonds. The predicted molar refractivity (Wildman–Crippen MR) is 109 cm³/mol. The fraction of sp³-hybridized carbons (Fsp3) is 0.190. The molecule has 2 aromatic carbocycles. The lowest BCUT2D eigenvalue weighted by molar-refractivity contribution is -0.144. The highest BCUT2D eigenvalue weighted by atomic mass is 35.5. The second-order valence-corrected chi connectivity index (χ2v) is 6.47. The number of nitrogens with one attached hydrogen (secondary N) is 1. The number of amides is 1. The second kappa shape index (κ2) is 9.80. The number of oxazole rings is 1. The molecule has 1 heterocycles. The highest BCUT2D eigenvalue weighted by molar-refractivity contribution is 6.30. The zero-order chi connectivity index (χ0) is 21.5. The van der Waals surface area contributed by atoms with Crippen LogP contribution < -0.4 is 14.8 Å². The Balaban J connectivity index is 1.49. The van der Waals surface area contributed by atoms with Gasteiger partial charge in [-0.25, -0.2) is 4.98 Å². The standard InChI is InChI=1S/C21H19ClN2O6/c1-27-16-8-5-14(9-17(16)28-2)21(26)24-11-20(25)29-12-19-23-10-18(30-19)13-3-6-15(22)7-4-13/h3-10H,11-12H2,1-2H3,(H,24,26). The molecule has 8 nitrogen and oxygen atoms in total. The van der Waals surface area contributed by atoms with E-state index in [9.17, 15) is 9.59 Å². The first-order valence-corrected chi connectivity index (χ1v) is 9.24. The molecule has 1 aromatic heterocycles. The van der Waals surface area contributed by atoms with Crippen molar-refractivity contribution in [2.75, 3.05) is 20.8 Å². The van der Waals surface area contributed by atoms with Crippen molar-refractivity contribution in [2.45, 2.75) is 6.61 Å². The molecule has 0 aliphatic heterocycles. The minimum Gasteiger partial charge on any atom is -0.493 e. The van der Waals surface area contributed by atoms with Crippen molar-refractivity contribution in [3.05, 3.63) is 65.1 Å². The van der Waals surface area contributed by atoms with Crippen LogP contribution in [0.4, 0.5) is 0 Å². The van der Waals surface area contributed by atoms with Gasteiger partial charge in [-0.15, -0.1) is 0 Å². The maximum atomic E-state index is 12.2. The lowest BCUT2D eigenvalue weighted by Crippen LogP contribution is -2.30. The van der Waals surface area contributed by atoms with Gasteiger partial charge in [0.1, 0.15) is 6.54 Å². The number of benzene rings is 2. The first kappa shape index (κ1) is 21.2. The average Bonchev–Trinajstić information content (AvgIpc) is 3.25. The zero-order valence-corrected chi connectivity index (χ0v) is 17.1. The highest BCUT2D eigenvalue weighted by Gasteiger charge is 2.14. The topological polar surface area (TPSA) is 99.9 Å². The van der Waals surface area contributed by atoms with Gasteiger partial charge in [0.05, 0.1) is 20.4 Å². The van der Waals surface area contributed by atoms with Gasteiger partial charge in [0.25, 0.3) is 5.91 Å². The van der Waals surface area contributed by atoms with Crippen molar-refractivity contribution < 1.29 is 28.2 Å². The van der Waals surface area contributed by atoms with Crippen LogP contribution in [0.5, 0.6) is 11.5 Å². The summed E-state index contributed by atoms with van der Waals surface area (Å²) < 4.78 is 20.9. The number of hydrogen-bond donors (Lipinski definition) is 1. The number of carbonyl (C=O) groups excluding carboxylic acids is 2. The quantitative estimate of drug-likeness (QED) is 0.546. The van der Waals surface area contributed by atoms with E-state index >= 15 is 0 Å². The number of methoxy groups -OCH3 is 2. The molecule has 0 atom stereocenters.